The summed E-state index contributed by atoms with van der Waals surface area (Å²) in [5, 5.41) is 3.27. The molecule has 106 valence electrons. The molecule has 20 heavy (non-hydrogen) atoms. The molecule has 0 radical (unpaired) electrons. The van der Waals surface area contributed by atoms with Crippen molar-refractivity contribution in [1.82, 2.24) is 25.3 Å². The van der Waals surface area contributed by atoms with E-state index in [1.54, 1.807) is 13.3 Å². The van der Waals surface area contributed by atoms with E-state index in [-0.39, 0.29) is 0 Å². The molecule has 0 spiro atoms. The number of ether oxygens (including phenoxy) is 1. The molecule has 1 N–H and O–H groups in total. The minimum atomic E-state index is 0.638. The Balaban J connectivity index is 2.16. The van der Waals surface area contributed by atoms with Gasteiger partial charge in [-0.05, 0) is 26.0 Å². The first-order valence-corrected chi connectivity index (χ1v) is 6.53. The summed E-state index contributed by atoms with van der Waals surface area (Å²) >= 11 is 0. The molecule has 0 amide bonds. The van der Waals surface area contributed by atoms with Crippen LogP contribution in [0.3, 0.4) is 0 Å². The van der Waals surface area contributed by atoms with Crippen LogP contribution in [0.15, 0.2) is 18.3 Å². The van der Waals surface area contributed by atoms with Gasteiger partial charge in [0.15, 0.2) is 5.82 Å². The largest absolute Gasteiger partial charge is 0.383 e. The van der Waals surface area contributed by atoms with Gasteiger partial charge in [-0.2, -0.15) is 0 Å². The number of nitrogens with one attached hydrogen (secondary N) is 1. The van der Waals surface area contributed by atoms with Crippen LogP contribution in [0.25, 0.3) is 11.5 Å². The Morgan fingerprint density at radius 2 is 2.05 bits per heavy atom. The minimum absolute atomic E-state index is 0.638. The zero-order valence-electron chi connectivity index (χ0n) is 12.1. The topological polar surface area (TPSA) is 72.8 Å². The van der Waals surface area contributed by atoms with E-state index in [0.29, 0.717) is 24.8 Å². The third-order valence-electron chi connectivity index (χ3n) is 2.70. The predicted octanol–water partition coefficient (Wildman–Crippen LogP) is 1.29. The molecule has 0 unspecified atom stereocenters. The molecule has 2 rings (SSSR count). The van der Waals surface area contributed by atoms with Crippen molar-refractivity contribution in [3.05, 3.63) is 35.5 Å². The third kappa shape index (κ3) is 4.04. The average molecular weight is 273 g/mol. The van der Waals surface area contributed by atoms with Gasteiger partial charge < -0.3 is 10.1 Å². The van der Waals surface area contributed by atoms with Gasteiger partial charge in [-0.3, -0.25) is 0 Å². The van der Waals surface area contributed by atoms with E-state index in [0.717, 1.165) is 23.6 Å². The Morgan fingerprint density at radius 3 is 2.80 bits per heavy atom. The first-order chi connectivity index (χ1) is 9.69. The molecule has 0 saturated heterocycles. The maximum absolute atomic E-state index is 5.00. The van der Waals surface area contributed by atoms with Gasteiger partial charge in [-0.25, -0.2) is 19.9 Å². The summed E-state index contributed by atoms with van der Waals surface area (Å²) < 4.78 is 5.00. The van der Waals surface area contributed by atoms with Crippen molar-refractivity contribution >= 4 is 0 Å². The lowest BCUT2D eigenvalue weighted by Crippen LogP contribution is -2.19. The predicted molar refractivity (Wildman–Crippen MR) is 76.1 cm³/mol. The Bertz CT molecular complexity index is 573. The summed E-state index contributed by atoms with van der Waals surface area (Å²) in [5.74, 6) is 1.35. The van der Waals surface area contributed by atoms with Crippen LogP contribution in [0.4, 0.5) is 0 Å². The fourth-order valence-electron chi connectivity index (χ4n) is 1.81. The zero-order chi connectivity index (χ0) is 14.4. The van der Waals surface area contributed by atoms with E-state index < -0.39 is 0 Å². The van der Waals surface area contributed by atoms with Crippen molar-refractivity contribution in [2.45, 2.75) is 20.4 Å². The molecule has 6 heteroatoms. The van der Waals surface area contributed by atoms with Crippen molar-refractivity contribution in [2.75, 3.05) is 20.3 Å². The van der Waals surface area contributed by atoms with Gasteiger partial charge in [0.25, 0.3) is 0 Å². The molecule has 0 aliphatic heterocycles. The Morgan fingerprint density at radius 1 is 1.20 bits per heavy atom. The lowest BCUT2D eigenvalue weighted by atomic mass is 10.3. The molecule has 0 aromatic carbocycles. The fraction of sp³-hybridized carbons (Fsp3) is 0.429. The molecular weight excluding hydrogens is 254 g/mol. The molecule has 2 aromatic heterocycles. The van der Waals surface area contributed by atoms with Crippen LogP contribution in [0.5, 0.6) is 0 Å². The summed E-state index contributed by atoms with van der Waals surface area (Å²) in [6, 6.07) is 3.79. The van der Waals surface area contributed by atoms with Crippen molar-refractivity contribution in [3.8, 4) is 11.5 Å². The number of nitrogens with zero attached hydrogens (tertiary/aromatic N) is 4. The monoisotopic (exact) mass is 273 g/mol. The molecule has 0 saturated carbocycles. The SMILES string of the molecule is COCCNCc1cc(C)nc(-c2ccnc(C)n2)n1. The van der Waals surface area contributed by atoms with Gasteiger partial charge in [0.2, 0.25) is 0 Å². The smallest absolute Gasteiger partial charge is 0.178 e. The average Bonchev–Trinajstić information content (AvgIpc) is 2.43. The molecular formula is C14H19N5O. The van der Waals surface area contributed by atoms with Gasteiger partial charge in [0.1, 0.15) is 11.5 Å². The highest BCUT2D eigenvalue weighted by Gasteiger charge is 2.06. The molecule has 0 fully saturated rings. The first kappa shape index (κ1) is 14.5. The van der Waals surface area contributed by atoms with Crippen LogP contribution in [0.2, 0.25) is 0 Å². The summed E-state index contributed by atoms with van der Waals surface area (Å²) in [4.78, 5) is 17.4. The fourth-order valence-corrected chi connectivity index (χ4v) is 1.81. The first-order valence-electron chi connectivity index (χ1n) is 6.53. The van der Waals surface area contributed by atoms with Crippen LogP contribution in [-0.4, -0.2) is 40.2 Å². The second kappa shape index (κ2) is 7.02. The minimum Gasteiger partial charge on any atom is -0.383 e. The Labute approximate surface area is 118 Å². The van der Waals surface area contributed by atoms with Gasteiger partial charge in [0, 0.05) is 32.1 Å². The summed E-state index contributed by atoms with van der Waals surface area (Å²) in [6.07, 6.45) is 1.72. The number of hydrogen-bond acceptors (Lipinski definition) is 6. The molecule has 0 atom stereocenters. The van der Waals surface area contributed by atoms with E-state index in [1.165, 1.54) is 0 Å². The van der Waals surface area contributed by atoms with Crippen molar-refractivity contribution < 1.29 is 4.74 Å². The summed E-state index contributed by atoms with van der Waals surface area (Å²) in [5.41, 5.74) is 2.62. The van der Waals surface area contributed by atoms with Crippen LogP contribution in [0, 0.1) is 13.8 Å². The number of aromatic nitrogens is 4. The lowest BCUT2D eigenvalue weighted by Gasteiger charge is -2.07. The van der Waals surface area contributed by atoms with Crippen molar-refractivity contribution in [1.29, 1.82) is 0 Å². The summed E-state index contributed by atoms with van der Waals surface area (Å²) in [7, 11) is 1.69. The van der Waals surface area contributed by atoms with Crippen LogP contribution in [0.1, 0.15) is 17.2 Å². The third-order valence-corrected chi connectivity index (χ3v) is 2.70. The molecule has 6 nitrogen and oxygen atoms in total. The Hall–Kier alpha value is -1.92. The molecule has 0 aliphatic rings. The molecule has 0 aliphatic carbocycles. The van der Waals surface area contributed by atoms with E-state index >= 15 is 0 Å². The van der Waals surface area contributed by atoms with E-state index in [2.05, 4.69) is 25.3 Å². The molecule has 2 heterocycles. The second-order valence-electron chi connectivity index (χ2n) is 4.48. The van der Waals surface area contributed by atoms with Crippen LogP contribution < -0.4 is 5.32 Å². The lowest BCUT2D eigenvalue weighted by molar-refractivity contribution is 0.199. The van der Waals surface area contributed by atoms with Gasteiger partial charge in [0.05, 0.1) is 12.3 Å². The quantitative estimate of drug-likeness (QED) is 0.799. The number of hydrogen-bond donors (Lipinski definition) is 1. The Kier molecular flexibility index (Phi) is 5.09. The number of methoxy groups -OCH3 is 1. The maximum atomic E-state index is 5.00. The summed E-state index contributed by atoms with van der Waals surface area (Å²) in [6.45, 7) is 5.97. The van der Waals surface area contributed by atoms with E-state index in [4.69, 9.17) is 4.74 Å². The highest BCUT2D eigenvalue weighted by molar-refractivity contribution is 5.48. The van der Waals surface area contributed by atoms with Crippen LogP contribution >= 0.6 is 0 Å². The van der Waals surface area contributed by atoms with Crippen LogP contribution in [-0.2, 0) is 11.3 Å². The van der Waals surface area contributed by atoms with Gasteiger partial charge in [-0.1, -0.05) is 0 Å². The zero-order valence-corrected chi connectivity index (χ0v) is 12.1. The highest BCUT2D eigenvalue weighted by atomic mass is 16.5. The molecule has 2 aromatic rings. The second-order valence-corrected chi connectivity index (χ2v) is 4.48. The van der Waals surface area contributed by atoms with E-state index in [1.807, 2.05) is 26.0 Å². The maximum Gasteiger partial charge on any atom is 0.178 e. The molecule has 0 bridgehead atoms. The normalized spacial score (nSPS) is 10.8. The van der Waals surface area contributed by atoms with Gasteiger partial charge in [-0.15, -0.1) is 0 Å². The van der Waals surface area contributed by atoms with E-state index in [9.17, 15) is 0 Å². The van der Waals surface area contributed by atoms with Gasteiger partial charge >= 0.3 is 0 Å². The highest BCUT2D eigenvalue weighted by Crippen LogP contribution is 2.13. The van der Waals surface area contributed by atoms with Crippen molar-refractivity contribution in [2.24, 2.45) is 0 Å². The standard InChI is InChI=1S/C14H19N5O/c1-10-8-12(9-15-6-7-20-3)19-14(17-10)13-4-5-16-11(2)18-13/h4-5,8,15H,6-7,9H2,1-3H3. The number of rotatable bonds is 6. The number of aryl methyl sites for hydroxylation is 2. The van der Waals surface area contributed by atoms with Crippen molar-refractivity contribution in [3.63, 3.8) is 0 Å².